The minimum Gasteiger partial charge on any atom is -0.313 e. The first-order valence-corrected chi connectivity index (χ1v) is 4.28. The molecular formula is C9H11FN2O2. The van der Waals surface area contributed by atoms with Crippen LogP contribution in [0.3, 0.4) is 0 Å². The zero-order valence-electron chi connectivity index (χ0n) is 7.79. The number of hydrogen-bond acceptors (Lipinski definition) is 3. The van der Waals surface area contributed by atoms with Gasteiger partial charge in [0.1, 0.15) is 0 Å². The number of nitro groups is 1. The molecule has 0 saturated carbocycles. The van der Waals surface area contributed by atoms with E-state index in [0.717, 1.165) is 6.54 Å². The average molecular weight is 198 g/mol. The third-order valence-electron chi connectivity index (χ3n) is 1.79. The summed E-state index contributed by atoms with van der Waals surface area (Å²) in [6, 6.07) is 3.91. The van der Waals surface area contributed by atoms with Crippen LogP contribution in [-0.2, 0) is 6.54 Å². The molecule has 0 aliphatic carbocycles. The zero-order chi connectivity index (χ0) is 10.6. The van der Waals surface area contributed by atoms with Crippen molar-refractivity contribution in [3.05, 3.63) is 39.7 Å². The van der Waals surface area contributed by atoms with Crippen LogP contribution >= 0.6 is 0 Å². The van der Waals surface area contributed by atoms with Crippen molar-refractivity contribution in [3.8, 4) is 0 Å². The molecule has 0 unspecified atom stereocenters. The average Bonchev–Trinajstić information content (AvgIpc) is 2.14. The highest BCUT2D eigenvalue weighted by Crippen LogP contribution is 2.17. The van der Waals surface area contributed by atoms with Crippen molar-refractivity contribution in [3.63, 3.8) is 0 Å². The number of hydrogen-bond donors (Lipinski definition) is 1. The van der Waals surface area contributed by atoms with E-state index in [1.54, 1.807) is 6.07 Å². The third kappa shape index (κ3) is 2.50. The van der Waals surface area contributed by atoms with E-state index >= 15 is 0 Å². The van der Waals surface area contributed by atoms with Gasteiger partial charge >= 0.3 is 5.69 Å². The maximum atomic E-state index is 13.1. The molecule has 4 nitrogen and oxygen atoms in total. The Balaban J connectivity index is 2.83. The molecule has 0 aliphatic rings. The molecule has 0 radical (unpaired) electrons. The summed E-state index contributed by atoms with van der Waals surface area (Å²) in [5.41, 5.74) is 0.222. The molecule has 0 amide bonds. The van der Waals surface area contributed by atoms with Crippen LogP contribution in [0.25, 0.3) is 0 Å². The van der Waals surface area contributed by atoms with Gasteiger partial charge in [0.2, 0.25) is 5.82 Å². The Hall–Kier alpha value is -1.49. The first-order chi connectivity index (χ1) is 6.65. The van der Waals surface area contributed by atoms with Crippen LogP contribution in [-0.4, -0.2) is 11.5 Å². The number of rotatable bonds is 4. The Morgan fingerprint density at radius 2 is 2.29 bits per heavy atom. The van der Waals surface area contributed by atoms with E-state index < -0.39 is 16.4 Å². The van der Waals surface area contributed by atoms with E-state index in [9.17, 15) is 14.5 Å². The highest BCUT2D eigenvalue weighted by molar-refractivity contribution is 5.34. The molecule has 0 aromatic heterocycles. The first kappa shape index (κ1) is 10.6. The highest BCUT2D eigenvalue weighted by atomic mass is 19.1. The Kier molecular flexibility index (Phi) is 3.53. The fourth-order valence-electron chi connectivity index (χ4n) is 1.08. The van der Waals surface area contributed by atoms with Crippen LogP contribution < -0.4 is 5.32 Å². The number of benzene rings is 1. The second-order valence-corrected chi connectivity index (χ2v) is 2.82. The van der Waals surface area contributed by atoms with Crippen molar-refractivity contribution in [1.82, 2.24) is 5.32 Å². The molecule has 0 bridgehead atoms. The molecule has 1 aromatic rings. The summed E-state index contributed by atoms with van der Waals surface area (Å²) < 4.78 is 13.1. The van der Waals surface area contributed by atoms with E-state index in [1.807, 2.05) is 6.92 Å². The van der Waals surface area contributed by atoms with Gasteiger partial charge in [-0.05, 0) is 18.2 Å². The van der Waals surface area contributed by atoms with Crippen LogP contribution in [0.4, 0.5) is 10.1 Å². The van der Waals surface area contributed by atoms with Gasteiger partial charge in [0.15, 0.2) is 0 Å². The van der Waals surface area contributed by atoms with Crippen LogP contribution in [0, 0.1) is 15.9 Å². The summed E-state index contributed by atoms with van der Waals surface area (Å²) in [5.74, 6) is -0.787. The molecule has 1 rings (SSSR count). The number of nitro benzene ring substituents is 1. The number of nitrogens with zero attached hydrogens (tertiary/aromatic N) is 1. The summed E-state index contributed by atoms with van der Waals surface area (Å²) in [5, 5.41) is 13.3. The van der Waals surface area contributed by atoms with Gasteiger partial charge in [-0.15, -0.1) is 0 Å². The van der Waals surface area contributed by atoms with Crippen LogP contribution in [0.2, 0.25) is 0 Å². The minimum absolute atomic E-state index is 0.481. The summed E-state index contributed by atoms with van der Waals surface area (Å²) in [4.78, 5) is 9.57. The maximum Gasteiger partial charge on any atom is 0.304 e. The number of nitrogens with one attached hydrogen (secondary N) is 1. The third-order valence-corrected chi connectivity index (χ3v) is 1.79. The van der Waals surface area contributed by atoms with Gasteiger partial charge in [0, 0.05) is 12.6 Å². The van der Waals surface area contributed by atoms with E-state index in [2.05, 4.69) is 5.32 Å². The van der Waals surface area contributed by atoms with Gasteiger partial charge in [-0.2, -0.15) is 4.39 Å². The smallest absolute Gasteiger partial charge is 0.304 e. The predicted octanol–water partition coefficient (Wildman–Crippen LogP) is 1.84. The van der Waals surface area contributed by atoms with E-state index in [1.165, 1.54) is 12.1 Å². The molecule has 0 atom stereocenters. The summed E-state index contributed by atoms with van der Waals surface area (Å²) in [6.07, 6.45) is 0. The van der Waals surface area contributed by atoms with Crippen molar-refractivity contribution in [2.45, 2.75) is 13.5 Å². The lowest BCUT2D eigenvalue weighted by Gasteiger charge is -2.01. The molecule has 0 spiro atoms. The second-order valence-electron chi connectivity index (χ2n) is 2.82. The van der Waals surface area contributed by atoms with Gasteiger partial charge in [-0.3, -0.25) is 10.1 Å². The molecule has 1 aromatic carbocycles. The normalized spacial score (nSPS) is 10.1. The molecule has 0 aliphatic heterocycles. The largest absolute Gasteiger partial charge is 0.313 e. The molecular weight excluding hydrogens is 187 g/mol. The Morgan fingerprint density at radius 1 is 1.57 bits per heavy atom. The zero-order valence-corrected chi connectivity index (χ0v) is 7.79. The molecule has 5 heteroatoms. The van der Waals surface area contributed by atoms with E-state index in [-0.39, 0.29) is 0 Å². The Bertz CT molecular complexity index is 342. The maximum absolute atomic E-state index is 13.1. The fourth-order valence-corrected chi connectivity index (χ4v) is 1.08. The van der Waals surface area contributed by atoms with Crippen molar-refractivity contribution < 1.29 is 9.31 Å². The molecule has 0 heterocycles. The van der Waals surface area contributed by atoms with Crippen LogP contribution in [0.15, 0.2) is 18.2 Å². The molecule has 76 valence electrons. The lowest BCUT2D eigenvalue weighted by molar-refractivity contribution is -0.387. The topological polar surface area (TPSA) is 55.2 Å². The molecule has 0 saturated heterocycles. The van der Waals surface area contributed by atoms with E-state index in [4.69, 9.17) is 0 Å². The van der Waals surface area contributed by atoms with Crippen molar-refractivity contribution in [1.29, 1.82) is 0 Å². The van der Waals surface area contributed by atoms with Crippen LogP contribution in [0.5, 0.6) is 0 Å². The summed E-state index contributed by atoms with van der Waals surface area (Å²) in [7, 11) is 0. The lowest BCUT2D eigenvalue weighted by Crippen LogP contribution is -2.11. The molecule has 14 heavy (non-hydrogen) atoms. The van der Waals surface area contributed by atoms with Crippen LogP contribution in [0.1, 0.15) is 12.5 Å². The molecule has 0 fully saturated rings. The summed E-state index contributed by atoms with van der Waals surface area (Å²) >= 11 is 0. The minimum atomic E-state index is -0.787. The van der Waals surface area contributed by atoms with Gasteiger partial charge < -0.3 is 5.32 Å². The monoisotopic (exact) mass is 198 g/mol. The fraction of sp³-hybridized carbons (Fsp3) is 0.333. The Morgan fingerprint density at radius 3 is 2.79 bits per heavy atom. The summed E-state index contributed by atoms with van der Waals surface area (Å²) in [6.45, 7) is 3.23. The van der Waals surface area contributed by atoms with Crippen molar-refractivity contribution >= 4 is 5.69 Å². The lowest BCUT2D eigenvalue weighted by atomic mass is 10.2. The quantitative estimate of drug-likeness (QED) is 0.593. The van der Waals surface area contributed by atoms with Gasteiger partial charge in [0.05, 0.1) is 4.92 Å². The van der Waals surface area contributed by atoms with Gasteiger partial charge in [0.25, 0.3) is 0 Å². The first-order valence-electron chi connectivity index (χ1n) is 4.28. The van der Waals surface area contributed by atoms with Crippen molar-refractivity contribution in [2.24, 2.45) is 0 Å². The van der Waals surface area contributed by atoms with E-state index in [0.29, 0.717) is 12.1 Å². The highest BCUT2D eigenvalue weighted by Gasteiger charge is 2.13. The molecule has 1 N–H and O–H groups in total. The predicted molar refractivity (Wildman–Crippen MR) is 50.4 cm³/mol. The number of halogens is 1. The second kappa shape index (κ2) is 4.66. The van der Waals surface area contributed by atoms with Gasteiger partial charge in [-0.1, -0.05) is 13.0 Å². The van der Waals surface area contributed by atoms with Gasteiger partial charge in [-0.25, -0.2) is 0 Å². The Labute approximate surface area is 80.9 Å². The van der Waals surface area contributed by atoms with Crippen molar-refractivity contribution in [2.75, 3.05) is 6.54 Å². The standard InChI is InChI=1S/C9H11FN2O2/c1-2-11-6-7-3-4-9(12(13)14)8(10)5-7/h3-5,11H,2,6H2,1H3. The SMILES string of the molecule is CCNCc1ccc([N+](=O)[O-])c(F)c1.